The smallest absolute Gasteiger partial charge is 0.202 e. The molecule has 0 aliphatic carbocycles. The van der Waals surface area contributed by atoms with E-state index >= 15 is 0 Å². The number of fused-ring (bicyclic) bond motifs is 1. The summed E-state index contributed by atoms with van der Waals surface area (Å²) in [6, 6.07) is 1.99. The minimum atomic E-state index is 0.0864. The standard InChI is InChI=1S/C12H17ClN4/c1-7(12(2,3)4)17-10-9(16-11(17)14)5-8(13)6-15-10/h5-7H,1-4H3,(H2,14,16). The van der Waals surface area contributed by atoms with Crippen LogP contribution in [0.4, 0.5) is 5.95 Å². The summed E-state index contributed by atoms with van der Waals surface area (Å²) in [6.07, 6.45) is 1.62. The molecule has 0 amide bonds. The number of halogens is 1. The van der Waals surface area contributed by atoms with Crippen LogP contribution in [-0.2, 0) is 0 Å². The molecule has 0 aliphatic heterocycles. The molecule has 1 unspecified atom stereocenters. The van der Waals surface area contributed by atoms with Crippen molar-refractivity contribution in [2.24, 2.45) is 5.41 Å². The normalized spacial score (nSPS) is 14.2. The third-order valence-electron chi connectivity index (χ3n) is 3.16. The molecule has 0 spiro atoms. The molecule has 0 radical (unpaired) electrons. The Morgan fingerprint density at radius 3 is 2.65 bits per heavy atom. The van der Waals surface area contributed by atoms with Gasteiger partial charge in [0.1, 0.15) is 5.52 Å². The number of hydrogen-bond donors (Lipinski definition) is 1. The predicted octanol–water partition coefficient (Wildman–Crippen LogP) is 3.27. The number of hydrogen-bond acceptors (Lipinski definition) is 3. The maximum atomic E-state index is 5.97. The highest BCUT2D eigenvalue weighted by Crippen LogP contribution is 2.34. The Balaban J connectivity index is 2.65. The van der Waals surface area contributed by atoms with Crippen LogP contribution in [0.15, 0.2) is 12.3 Å². The summed E-state index contributed by atoms with van der Waals surface area (Å²) in [5, 5.41) is 0.575. The Morgan fingerprint density at radius 2 is 2.06 bits per heavy atom. The molecule has 2 aromatic heterocycles. The lowest BCUT2D eigenvalue weighted by Crippen LogP contribution is -2.23. The fourth-order valence-corrected chi connectivity index (χ4v) is 1.90. The summed E-state index contributed by atoms with van der Waals surface area (Å²) in [5.74, 6) is 0.484. The Labute approximate surface area is 106 Å². The molecule has 1 atom stereocenters. The van der Waals surface area contributed by atoms with Gasteiger partial charge in [0.15, 0.2) is 5.65 Å². The topological polar surface area (TPSA) is 56.7 Å². The third-order valence-corrected chi connectivity index (χ3v) is 3.37. The fourth-order valence-electron chi connectivity index (χ4n) is 1.74. The number of rotatable bonds is 1. The number of anilines is 1. The van der Waals surface area contributed by atoms with Gasteiger partial charge in [0.05, 0.1) is 5.02 Å². The van der Waals surface area contributed by atoms with Crippen molar-refractivity contribution >= 4 is 28.7 Å². The van der Waals surface area contributed by atoms with Gasteiger partial charge < -0.3 is 5.73 Å². The fraction of sp³-hybridized carbons (Fsp3) is 0.500. The van der Waals surface area contributed by atoms with Crippen molar-refractivity contribution < 1.29 is 0 Å². The molecular formula is C12H17ClN4. The van der Waals surface area contributed by atoms with E-state index in [-0.39, 0.29) is 11.5 Å². The highest BCUT2D eigenvalue weighted by molar-refractivity contribution is 6.31. The number of pyridine rings is 1. The first kappa shape index (κ1) is 12.2. The van der Waals surface area contributed by atoms with Crippen LogP contribution in [0.25, 0.3) is 11.2 Å². The van der Waals surface area contributed by atoms with E-state index in [1.165, 1.54) is 0 Å². The van der Waals surface area contributed by atoms with Crippen molar-refractivity contribution in [1.82, 2.24) is 14.5 Å². The van der Waals surface area contributed by atoms with Gasteiger partial charge in [-0.25, -0.2) is 9.97 Å². The average molecular weight is 253 g/mol. The second-order valence-electron chi connectivity index (χ2n) is 5.38. The molecule has 0 aliphatic rings. The molecule has 2 rings (SSSR count). The first-order valence-electron chi connectivity index (χ1n) is 5.59. The van der Waals surface area contributed by atoms with Gasteiger partial charge in [-0.05, 0) is 18.4 Å². The van der Waals surface area contributed by atoms with Gasteiger partial charge in [0, 0.05) is 12.2 Å². The molecule has 0 aromatic carbocycles. The second kappa shape index (κ2) is 3.88. The average Bonchev–Trinajstić information content (AvgIpc) is 2.50. The Hall–Kier alpha value is -1.29. The summed E-state index contributed by atoms with van der Waals surface area (Å²) in [7, 11) is 0. The highest BCUT2D eigenvalue weighted by Gasteiger charge is 2.25. The minimum absolute atomic E-state index is 0.0864. The molecule has 2 aromatic rings. The van der Waals surface area contributed by atoms with Gasteiger partial charge in [0.25, 0.3) is 0 Å². The number of imidazole rings is 1. The summed E-state index contributed by atoms with van der Waals surface area (Å²) < 4.78 is 1.96. The molecule has 0 saturated carbocycles. The van der Waals surface area contributed by atoms with Crippen LogP contribution in [0.2, 0.25) is 5.02 Å². The van der Waals surface area contributed by atoms with Crippen molar-refractivity contribution in [3.63, 3.8) is 0 Å². The largest absolute Gasteiger partial charge is 0.369 e. The van der Waals surface area contributed by atoms with Gasteiger partial charge in [-0.1, -0.05) is 32.4 Å². The molecule has 92 valence electrons. The molecule has 5 heteroatoms. The van der Waals surface area contributed by atoms with Crippen LogP contribution in [0, 0.1) is 5.41 Å². The van der Waals surface area contributed by atoms with Crippen molar-refractivity contribution in [2.45, 2.75) is 33.7 Å². The molecule has 17 heavy (non-hydrogen) atoms. The zero-order chi connectivity index (χ0) is 12.8. The lowest BCUT2D eigenvalue weighted by Gasteiger charge is -2.29. The van der Waals surface area contributed by atoms with Crippen LogP contribution in [0.1, 0.15) is 33.7 Å². The predicted molar refractivity (Wildman–Crippen MR) is 71.1 cm³/mol. The van der Waals surface area contributed by atoms with Crippen LogP contribution in [0.3, 0.4) is 0 Å². The quantitative estimate of drug-likeness (QED) is 0.847. The van der Waals surface area contributed by atoms with Gasteiger partial charge >= 0.3 is 0 Å². The maximum absolute atomic E-state index is 5.97. The molecule has 0 bridgehead atoms. The zero-order valence-corrected chi connectivity index (χ0v) is 11.3. The molecule has 4 nitrogen and oxygen atoms in total. The zero-order valence-electron chi connectivity index (χ0n) is 10.5. The third kappa shape index (κ3) is 2.09. The van der Waals surface area contributed by atoms with Gasteiger partial charge in [-0.2, -0.15) is 0 Å². The Bertz CT molecular complexity index is 553. The van der Waals surface area contributed by atoms with E-state index < -0.39 is 0 Å². The van der Waals surface area contributed by atoms with Crippen LogP contribution in [-0.4, -0.2) is 14.5 Å². The van der Waals surface area contributed by atoms with E-state index in [2.05, 4.69) is 37.7 Å². The number of nitrogens with two attached hydrogens (primary N) is 1. The van der Waals surface area contributed by atoms with E-state index in [9.17, 15) is 0 Å². The van der Waals surface area contributed by atoms with E-state index in [0.29, 0.717) is 11.0 Å². The van der Waals surface area contributed by atoms with E-state index in [1.807, 2.05) is 4.57 Å². The monoisotopic (exact) mass is 252 g/mol. The van der Waals surface area contributed by atoms with E-state index in [1.54, 1.807) is 12.3 Å². The van der Waals surface area contributed by atoms with Crippen LogP contribution >= 0.6 is 11.6 Å². The highest BCUT2D eigenvalue weighted by atomic mass is 35.5. The first-order chi connectivity index (χ1) is 7.80. The van der Waals surface area contributed by atoms with Crippen LogP contribution < -0.4 is 5.73 Å². The minimum Gasteiger partial charge on any atom is -0.369 e. The Kier molecular flexibility index (Phi) is 2.78. The van der Waals surface area contributed by atoms with E-state index in [4.69, 9.17) is 17.3 Å². The van der Waals surface area contributed by atoms with Crippen molar-refractivity contribution in [3.05, 3.63) is 17.3 Å². The number of nitrogens with zero attached hydrogens (tertiary/aromatic N) is 3. The summed E-state index contributed by atoms with van der Waals surface area (Å²) in [6.45, 7) is 8.62. The van der Waals surface area contributed by atoms with Crippen molar-refractivity contribution in [2.75, 3.05) is 5.73 Å². The SMILES string of the molecule is CC(n1c(N)nc2cc(Cl)cnc21)C(C)(C)C. The van der Waals surface area contributed by atoms with E-state index in [0.717, 1.165) is 11.2 Å². The van der Waals surface area contributed by atoms with Crippen molar-refractivity contribution in [1.29, 1.82) is 0 Å². The van der Waals surface area contributed by atoms with Crippen LogP contribution in [0.5, 0.6) is 0 Å². The molecule has 0 saturated heterocycles. The molecular weight excluding hydrogens is 236 g/mol. The van der Waals surface area contributed by atoms with Crippen molar-refractivity contribution in [3.8, 4) is 0 Å². The molecule has 2 heterocycles. The van der Waals surface area contributed by atoms with Gasteiger partial charge in [-0.3, -0.25) is 4.57 Å². The molecule has 0 fully saturated rings. The maximum Gasteiger partial charge on any atom is 0.202 e. The summed E-state index contributed by atoms with van der Waals surface area (Å²) in [5.41, 5.74) is 7.58. The number of aromatic nitrogens is 3. The summed E-state index contributed by atoms with van der Waals surface area (Å²) >= 11 is 5.90. The van der Waals surface area contributed by atoms with Gasteiger partial charge in [-0.15, -0.1) is 0 Å². The van der Waals surface area contributed by atoms with Gasteiger partial charge in [0.2, 0.25) is 5.95 Å². The summed E-state index contributed by atoms with van der Waals surface area (Å²) in [4.78, 5) is 8.63. The Morgan fingerprint density at radius 1 is 1.41 bits per heavy atom. The number of nitrogen functional groups attached to an aromatic ring is 1. The molecule has 2 N–H and O–H groups in total. The first-order valence-corrected chi connectivity index (χ1v) is 5.97. The lowest BCUT2D eigenvalue weighted by atomic mass is 9.88. The second-order valence-corrected chi connectivity index (χ2v) is 5.81. The lowest BCUT2D eigenvalue weighted by molar-refractivity contribution is 0.269.